The van der Waals surface area contributed by atoms with Crippen LogP contribution < -0.4 is 4.74 Å². The minimum absolute atomic E-state index is 0.00113. The van der Waals surface area contributed by atoms with Gasteiger partial charge in [-0.15, -0.1) is 0 Å². The Balaban J connectivity index is 2.61. The summed E-state index contributed by atoms with van der Waals surface area (Å²) in [6.07, 6.45) is 1.54. The predicted molar refractivity (Wildman–Crippen MR) is 99.3 cm³/mol. The van der Waals surface area contributed by atoms with Crippen molar-refractivity contribution in [2.45, 2.75) is 25.2 Å². The van der Waals surface area contributed by atoms with E-state index in [4.69, 9.17) is 9.47 Å². The van der Waals surface area contributed by atoms with Crippen LogP contribution in [-0.2, 0) is 28.0 Å². The Morgan fingerprint density at radius 1 is 1.30 bits per heavy atom. The molecule has 0 amide bonds. The van der Waals surface area contributed by atoms with E-state index in [-0.39, 0.29) is 40.9 Å². The lowest BCUT2D eigenvalue weighted by atomic mass is 9.97. The smallest absolute Gasteiger partial charge is 0.220 e. The van der Waals surface area contributed by atoms with E-state index in [2.05, 4.69) is 5.10 Å². The second-order valence-electron chi connectivity index (χ2n) is 6.13. The number of sulfone groups is 1. The molecule has 0 bridgehead atoms. The maximum Gasteiger partial charge on any atom is 0.220 e. The Morgan fingerprint density at radius 2 is 1.96 bits per heavy atom. The molecule has 0 fully saturated rings. The molecule has 0 saturated carbocycles. The van der Waals surface area contributed by atoms with E-state index in [0.29, 0.717) is 17.7 Å². The molecule has 0 saturated heterocycles. The molecule has 0 aliphatic rings. The third-order valence-electron chi connectivity index (χ3n) is 4.20. The number of ketones is 1. The van der Waals surface area contributed by atoms with Crippen LogP contribution in [0.1, 0.15) is 34.1 Å². The second-order valence-corrected chi connectivity index (χ2v) is 8.11. The summed E-state index contributed by atoms with van der Waals surface area (Å²) in [6.45, 7) is 3.85. The van der Waals surface area contributed by atoms with Gasteiger partial charge in [0.25, 0.3) is 0 Å². The van der Waals surface area contributed by atoms with Crippen LogP contribution in [0.3, 0.4) is 0 Å². The number of carbonyl (C=O) groups excluding carboxylic acids is 1. The molecule has 8 nitrogen and oxygen atoms in total. The summed E-state index contributed by atoms with van der Waals surface area (Å²) in [5.74, 6) is -0.557. The quantitative estimate of drug-likeness (QED) is 0.534. The van der Waals surface area contributed by atoms with E-state index in [1.54, 1.807) is 14.0 Å². The number of hydrogen-bond acceptors (Lipinski definition) is 7. The van der Waals surface area contributed by atoms with Gasteiger partial charge in [-0.2, -0.15) is 5.10 Å². The zero-order valence-corrected chi connectivity index (χ0v) is 16.9. The molecular formula is C18H24N2O6S. The lowest BCUT2D eigenvalue weighted by molar-refractivity contribution is 0.103. The molecular weight excluding hydrogens is 372 g/mol. The lowest BCUT2D eigenvalue weighted by Crippen LogP contribution is -2.13. The molecule has 27 heavy (non-hydrogen) atoms. The summed E-state index contributed by atoms with van der Waals surface area (Å²) >= 11 is 0. The zero-order valence-electron chi connectivity index (χ0n) is 16.1. The summed E-state index contributed by atoms with van der Waals surface area (Å²) < 4.78 is 36.0. The van der Waals surface area contributed by atoms with Gasteiger partial charge in [0.15, 0.2) is 9.84 Å². The number of nitrogens with zero attached hydrogens (tertiary/aromatic N) is 2. The van der Waals surface area contributed by atoms with E-state index in [0.717, 1.165) is 6.26 Å². The first kappa shape index (κ1) is 20.9. The minimum atomic E-state index is -3.56. The van der Waals surface area contributed by atoms with Crippen molar-refractivity contribution in [2.24, 2.45) is 7.05 Å². The molecule has 0 unspecified atom stereocenters. The van der Waals surface area contributed by atoms with Gasteiger partial charge in [0.05, 0.1) is 12.3 Å². The molecule has 2 rings (SSSR count). The summed E-state index contributed by atoms with van der Waals surface area (Å²) in [5, 5.41) is 14.4. The van der Waals surface area contributed by atoms with Crippen LogP contribution in [-0.4, -0.2) is 55.7 Å². The van der Waals surface area contributed by atoms with Gasteiger partial charge in [0.2, 0.25) is 11.7 Å². The summed E-state index contributed by atoms with van der Waals surface area (Å²) in [6, 6.07) is 2.78. The predicted octanol–water partition coefficient (Wildman–Crippen LogP) is 1.66. The Hall–Kier alpha value is -2.39. The number of carbonyl (C=O) groups is 1. The molecule has 0 aliphatic heterocycles. The number of hydrogen-bond donors (Lipinski definition) is 1. The maximum absolute atomic E-state index is 13.1. The van der Waals surface area contributed by atoms with Gasteiger partial charge >= 0.3 is 0 Å². The van der Waals surface area contributed by atoms with Crippen molar-refractivity contribution >= 4 is 15.6 Å². The van der Waals surface area contributed by atoms with Gasteiger partial charge in [-0.25, -0.2) is 13.1 Å². The SMILES string of the molecule is CCc1nn(C)c(O)c1C(=O)c1ccc(S(C)(=O)=O)c(OCCOC)c1C. The van der Waals surface area contributed by atoms with E-state index < -0.39 is 15.6 Å². The topological polar surface area (TPSA) is 108 Å². The minimum Gasteiger partial charge on any atom is -0.493 e. The summed E-state index contributed by atoms with van der Waals surface area (Å²) in [5.41, 5.74) is 1.20. The standard InChI is InChI=1S/C18H24N2O6S/c1-6-13-15(18(22)20(3)19-13)16(21)12-7-8-14(27(5,23)24)17(11(12)2)26-10-9-25-4/h7-8,22H,6,9-10H2,1-5H3. The van der Waals surface area contributed by atoms with Crippen molar-refractivity contribution < 1.29 is 27.8 Å². The van der Waals surface area contributed by atoms with Crippen LogP contribution in [0.25, 0.3) is 0 Å². The highest BCUT2D eigenvalue weighted by Crippen LogP contribution is 2.33. The van der Waals surface area contributed by atoms with Gasteiger partial charge in [-0.3, -0.25) is 4.79 Å². The Kier molecular flexibility index (Phi) is 6.27. The van der Waals surface area contributed by atoms with Crippen LogP contribution in [0.4, 0.5) is 0 Å². The Labute approximate surface area is 158 Å². The first-order valence-corrected chi connectivity index (χ1v) is 10.3. The number of aromatic nitrogens is 2. The maximum atomic E-state index is 13.1. The molecule has 0 spiro atoms. The molecule has 2 aromatic rings. The number of aromatic hydroxyl groups is 1. The third kappa shape index (κ3) is 4.14. The average Bonchev–Trinajstić information content (AvgIpc) is 2.89. The van der Waals surface area contributed by atoms with Crippen molar-refractivity contribution in [3.63, 3.8) is 0 Å². The largest absolute Gasteiger partial charge is 0.493 e. The van der Waals surface area contributed by atoms with Crippen molar-refractivity contribution in [1.29, 1.82) is 0 Å². The molecule has 0 aliphatic carbocycles. The number of benzene rings is 1. The molecule has 148 valence electrons. The first-order valence-electron chi connectivity index (χ1n) is 8.38. The van der Waals surface area contributed by atoms with Crippen LogP contribution in [0.2, 0.25) is 0 Å². The van der Waals surface area contributed by atoms with Crippen molar-refractivity contribution in [3.8, 4) is 11.6 Å². The average molecular weight is 396 g/mol. The van der Waals surface area contributed by atoms with Crippen molar-refractivity contribution in [2.75, 3.05) is 26.6 Å². The first-order chi connectivity index (χ1) is 12.6. The lowest BCUT2D eigenvalue weighted by Gasteiger charge is -2.16. The van der Waals surface area contributed by atoms with Crippen molar-refractivity contribution in [3.05, 3.63) is 34.5 Å². The fourth-order valence-electron chi connectivity index (χ4n) is 2.80. The molecule has 0 atom stereocenters. The summed E-state index contributed by atoms with van der Waals surface area (Å²) in [4.78, 5) is 13.1. The van der Waals surface area contributed by atoms with E-state index in [1.165, 1.54) is 23.9 Å². The van der Waals surface area contributed by atoms with Gasteiger partial charge in [-0.1, -0.05) is 6.92 Å². The Morgan fingerprint density at radius 3 is 2.52 bits per heavy atom. The number of methoxy groups -OCH3 is 1. The normalized spacial score (nSPS) is 11.6. The second kappa shape index (κ2) is 8.10. The summed E-state index contributed by atoms with van der Waals surface area (Å²) in [7, 11) is -0.509. The molecule has 0 radical (unpaired) electrons. The number of aryl methyl sites for hydroxylation is 2. The fourth-order valence-corrected chi connectivity index (χ4v) is 3.66. The Bertz CT molecular complexity index is 963. The van der Waals surface area contributed by atoms with Crippen LogP contribution >= 0.6 is 0 Å². The van der Waals surface area contributed by atoms with E-state index >= 15 is 0 Å². The highest BCUT2D eigenvalue weighted by molar-refractivity contribution is 7.90. The molecule has 9 heteroatoms. The highest BCUT2D eigenvalue weighted by atomic mass is 32.2. The zero-order chi connectivity index (χ0) is 20.4. The van der Waals surface area contributed by atoms with Crippen LogP contribution in [0.15, 0.2) is 17.0 Å². The van der Waals surface area contributed by atoms with Gasteiger partial charge in [-0.05, 0) is 25.5 Å². The highest BCUT2D eigenvalue weighted by Gasteiger charge is 2.27. The number of ether oxygens (including phenoxy) is 2. The molecule has 1 heterocycles. The van der Waals surface area contributed by atoms with Crippen LogP contribution in [0.5, 0.6) is 11.6 Å². The fraction of sp³-hybridized carbons (Fsp3) is 0.444. The van der Waals surface area contributed by atoms with Gasteiger partial charge < -0.3 is 14.6 Å². The molecule has 1 aromatic carbocycles. The van der Waals surface area contributed by atoms with E-state index in [1.807, 2.05) is 6.92 Å². The van der Waals surface area contributed by atoms with Gasteiger partial charge in [0, 0.05) is 31.5 Å². The van der Waals surface area contributed by atoms with Crippen LogP contribution in [0, 0.1) is 6.92 Å². The van der Waals surface area contributed by atoms with Gasteiger partial charge in [0.1, 0.15) is 22.8 Å². The third-order valence-corrected chi connectivity index (χ3v) is 5.32. The van der Waals surface area contributed by atoms with Crippen molar-refractivity contribution in [1.82, 2.24) is 9.78 Å². The molecule has 1 N–H and O–H groups in total. The number of rotatable bonds is 8. The molecule has 1 aromatic heterocycles. The monoisotopic (exact) mass is 396 g/mol. The van der Waals surface area contributed by atoms with E-state index in [9.17, 15) is 18.3 Å².